The number of benzene rings is 2. The average molecular weight is 351 g/mol. The number of hydrogen-bond donors (Lipinski definition) is 0. The summed E-state index contributed by atoms with van der Waals surface area (Å²) in [5, 5.41) is 0. The van der Waals surface area contributed by atoms with Crippen molar-refractivity contribution in [2.45, 2.75) is 25.1 Å². The molecule has 0 heterocycles. The number of nitrogens with zero attached hydrogens (tertiary/aromatic N) is 1. The smallest absolute Gasteiger partial charge is 0.341 e. The van der Waals surface area contributed by atoms with E-state index >= 15 is 0 Å². The molecule has 0 spiro atoms. The molecule has 0 unspecified atom stereocenters. The van der Waals surface area contributed by atoms with Crippen LogP contribution in [-0.2, 0) is 17.5 Å². The molecule has 0 N–H and O–H groups in total. The first-order valence-electron chi connectivity index (χ1n) is 7.93. The monoisotopic (exact) mass is 351 g/mol. The maximum absolute atomic E-state index is 13.8. The highest BCUT2D eigenvalue weighted by atomic mass is 19.4. The van der Waals surface area contributed by atoms with Crippen molar-refractivity contribution in [3.8, 4) is 0 Å². The molecule has 0 aliphatic heterocycles. The first kappa shape index (κ1) is 17.5. The number of carbonyl (C=O) groups is 1. The molecule has 2 atom stereocenters. The van der Waals surface area contributed by atoms with Crippen LogP contribution in [0.2, 0.25) is 0 Å². The van der Waals surface area contributed by atoms with E-state index in [1.54, 1.807) is 18.2 Å². The highest BCUT2D eigenvalue weighted by Crippen LogP contribution is 2.49. The van der Waals surface area contributed by atoms with Crippen LogP contribution in [0.4, 0.5) is 17.6 Å². The standard InChI is InChI=1S/C19H17F4NO/c1-24(11-12-6-2-4-8-16(12)19(21,22)23)18(25)15-10-14(15)13-7-3-5-9-17(13)20/h2-9,14-15H,10-11H2,1H3/t14-,15+/m0/s1. The highest BCUT2D eigenvalue weighted by molar-refractivity contribution is 5.82. The van der Waals surface area contributed by atoms with Crippen LogP contribution in [0, 0.1) is 11.7 Å². The molecule has 1 saturated carbocycles. The summed E-state index contributed by atoms with van der Waals surface area (Å²) in [6.07, 6.45) is -3.94. The number of alkyl halides is 3. The zero-order valence-corrected chi connectivity index (χ0v) is 13.6. The molecule has 2 aromatic rings. The molecule has 132 valence electrons. The third-order valence-electron chi connectivity index (χ3n) is 4.52. The normalized spacial score (nSPS) is 19.6. The van der Waals surface area contributed by atoms with Gasteiger partial charge in [-0.3, -0.25) is 4.79 Å². The van der Waals surface area contributed by atoms with E-state index in [1.807, 2.05) is 0 Å². The van der Waals surface area contributed by atoms with Crippen LogP contribution in [0.15, 0.2) is 48.5 Å². The Hall–Kier alpha value is -2.37. The Morgan fingerprint density at radius 2 is 1.76 bits per heavy atom. The molecule has 2 nitrogen and oxygen atoms in total. The van der Waals surface area contributed by atoms with Crippen molar-refractivity contribution in [1.82, 2.24) is 4.90 Å². The van der Waals surface area contributed by atoms with Crippen molar-refractivity contribution in [2.24, 2.45) is 5.92 Å². The third kappa shape index (κ3) is 3.67. The van der Waals surface area contributed by atoms with Gasteiger partial charge in [-0.25, -0.2) is 4.39 Å². The molecule has 0 bridgehead atoms. The summed E-state index contributed by atoms with van der Waals surface area (Å²) in [4.78, 5) is 13.8. The summed E-state index contributed by atoms with van der Waals surface area (Å²) in [5.41, 5.74) is -0.199. The number of rotatable bonds is 4. The first-order chi connectivity index (χ1) is 11.8. The molecule has 6 heteroatoms. The van der Waals surface area contributed by atoms with Gasteiger partial charge in [-0.05, 0) is 35.6 Å². The Kier molecular flexibility index (Phi) is 4.54. The number of carbonyl (C=O) groups excluding carboxylic acids is 1. The number of hydrogen-bond acceptors (Lipinski definition) is 1. The Labute approximate surface area is 143 Å². The molecule has 1 aliphatic carbocycles. The maximum atomic E-state index is 13.8. The number of amides is 1. The van der Waals surface area contributed by atoms with Gasteiger partial charge < -0.3 is 4.90 Å². The lowest BCUT2D eigenvalue weighted by Crippen LogP contribution is -2.29. The van der Waals surface area contributed by atoms with Gasteiger partial charge in [0, 0.05) is 19.5 Å². The summed E-state index contributed by atoms with van der Waals surface area (Å²) in [6.45, 7) is -0.130. The van der Waals surface area contributed by atoms with Crippen molar-refractivity contribution in [2.75, 3.05) is 7.05 Å². The van der Waals surface area contributed by atoms with E-state index in [2.05, 4.69) is 0 Å². The van der Waals surface area contributed by atoms with Gasteiger partial charge in [-0.1, -0.05) is 36.4 Å². The van der Waals surface area contributed by atoms with Crippen molar-refractivity contribution in [3.05, 3.63) is 71.0 Å². The van der Waals surface area contributed by atoms with Crippen LogP contribution < -0.4 is 0 Å². The molecule has 0 radical (unpaired) electrons. The minimum atomic E-state index is -4.46. The minimum Gasteiger partial charge on any atom is -0.341 e. The second-order valence-electron chi connectivity index (χ2n) is 6.32. The quantitative estimate of drug-likeness (QED) is 0.737. The minimum absolute atomic E-state index is 0.0499. The molecule has 1 fully saturated rings. The van der Waals surface area contributed by atoms with Crippen molar-refractivity contribution in [3.63, 3.8) is 0 Å². The molecule has 3 rings (SSSR count). The van der Waals surface area contributed by atoms with Crippen molar-refractivity contribution < 1.29 is 22.4 Å². The molecule has 0 aromatic heterocycles. The molecule has 1 aliphatic rings. The van der Waals surface area contributed by atoms with Crippen LogP contribution in [0.5, 0.6) is 0 Å². The Balaban J connectivity index is 1.70. The van der Waals surface area contributed by atoms with Crippen LogP contribution in [-0.4, -0.2) is 17.9 Å². The van der Waals surface area contributed by atoms with Gasteiger partial charge in [0.1, 0.15) is 5.82 Å². The van der Waals surface area contributed by atoms with Crippen LogP contribution >= 0.6 is 0 Å². The van der Waals surface area contributed by atoms with Crippen LogP contribution in [0.1, 0.15) is 29.0 Å². The lowest BCUT2D eigenvalue weighted by molar-refractivity contribution is -0.139. The van der Waals surface area contributed by atoms with E-state index < -0.39 is 11.7 Å². The fourth-order valence-electron chi connectivity index (χ4n) is 3.14. The van der Waals surface area contributed by atoms with Crippen molar-refractivity contribution >= 4 is 5.91 Å². The SMILES string of the molecule is CN(Cc1ccccc1C(F)(F)F)C(=O)[C@@H]1C[C@H]1c1ccccc1F. The van der Waals surface area contributed by atoms with Gasteiger partial charge in [-0.2, -0.15) is 13.2 Å². The van der Waals surface area contributed by atoms with E-state index in [0.717, 1.165) is 6.07 Å². The zero-order valence-electron chi connectivity index (χ0n) is 13.6. The van der Waals surface area contributed by atoms with Gasteiger partial charge >= 0.3 is 6.18 Å². The largest absolute Gasteiger partial charge is 0.416 e. The number of halogens is 4. The summed E-state index contributed by atoms with van der Waals surface area (Å²) >= 11 is 0. The van der Waals surface area contributed by atoms with Gasteiger partial charge in [0.25, 0.3) is 0 Å². The summed E-state index contributed by atoms with van der Waals surface area (Å²) < 4.78 is 53.0. The molecular formula is C19H17F4NO. The highest BCUT2D eigenvalue weighted by Gasteiger charge is 2.46. The first-order valence-corrected chi connectivity index (χ1v) is 7.93. The molecule has 2 aromatic carbocycles. The Morgan fingerprint density at radius 3 is 2.44 bits per heavy atom. The fraction of sp³-hybridized carbons (Fsp3) is 0.316. The van der Waals surface area contributed by atoms with Gasteiger partial charge in [0.2, 0.25) is 5.91 Å². The van der Waals surface area contributed by atoms with Crippen LogP contribution in [0.25, 0.3) is 0 Å². The molecular weight excluding hydrogens is 334 g/mol. The Morgan fingerprint density at radius 1 is 1.12 bits per heavy atom. The van der Waals surface area contributed by atoms with Gasteiger partial charge in [0.15, 0.2) is 0 Å². The molecule has 0 saturated heterocycles. The third-order valence-corrected chi connectivity index (χ3v) is 4.52. The van der Waals surface area contributed by atoms with E-state index in [-0.39, 0.29) is 35.7 Å². The lowest BCUT2D eigenvalue weighted by Gasteiger charge is -2.20. The van der Waals surface area contributed by atoms with E-state index in [9.17, 15) is 22.4 Å². The predicted octanol–water partition coefficient (Wildman–Crippen LogP) is 4.61. The average Bonchev–Trinajstić information content (AvgIpc) is 3.34. The van der Waals surface area contributed by atoms with E-state index in [4.69, 9.17) is 0 Å². The maximum Gasteiger partial charge on any atom is 0.416 e. The lowest BCUT2D eigenvalue weighted by atomic mass is 10.1. The summed E-state index contributed by atoms with van der Waals surface area (Å²) in [5.74, 6) is -1.19. The van der Waals surface area contributed by atoms with Gasteiger partial charge in [0.05, 0.1) is 5.56 Å². The van der Waals surface area contributed by atoms with Crippen molar-refractivity contribution in [1.29, 1.82) is 0 Å². The van der Waals surface area contributed by atoms with Crippen LogP contribution in [0.3, 0.4) is 0 Å². The van der Waals surface area contributed by atoms with E-state index in [1.165, 1.54) is 36.2 Å². The fourth-order valence-corrected chi connectivity index (χ4v) is 3.14. The van der Waals surface area contributed by atoms with E-state index in [0.29, 0.717) is 12.0 Å². The van der Waals surface area contributed by atoms with Gasteiger partial charge in [-0.15, -0.1) is 0 Å². The molecule has 25 heavy (non-hydrogen) atoms. The summed E-state index contributed by atoms with van der Waals surface area (Å²) in [6, 6.07) is 11.5. The predicted molar refractivity (Wildman–Crippen MR) is 85.2 cm³/mol. The summed E-state index contributed by atoms with van der Waals surface area (Å²) in [7, 11) is 1.48. The topological polar surface area (TPSA) is 20.3 Å². The second kappa shape index (κ2) is 6.50. The Bertz CT molecular complexity index is 787. The molecule has 1 amide bonds. The zero-order chi connectivity index (χ0) is 18.2. The second-order valence-corrected chi connectivity index (χ2v) is 6.32.